The second-order valence-electron chi connectivity index (χ2n) is 6.23. The molecule has 2 aromatic heterocycles. The van der Waals surface area contributed by atoms with Gasteiger partial charge >= 0.3 is 11.4 Å². The van der Waals surface area contributed by atoms with Crippen LogP contribution < -0.4 is 11.4 Å². The topological polar surface area (TPSA) is 126 Å². The molecule has 0 aliphatic rings. The summed E-state index contributed by atoms with van der Waals surface area (Å²) >= 11 is 0. The monoisotopic (exact) mass is 402 g/mol. The van der Waals surface area contributed by atoms with Gasteiger partial charge in [-0.3, -0.25) is 0 Å². The average Bonchev–Trinajstić information content (AvgIpc) is 3.34. The summed E-state index contributed by atoms with van der Waals surface area (Å²) in [7, 11) is 0. The molecule has 0 fully saturated rings. The van der Waals surface area contributed by atoms with Crippen molar-refractivity contribution in [2.24, 2.45) is 10.2 Å². The summed E-state index contributed by atoms with van der Waals surface area (Å²) in [5.41, 5.74) is 0.720. The first kappa shape index (κ1) is 19.0. The van der Waals surface area contributed by atoms with Gasteiger partial charge in [-0.15, -0.1) is 0 Å². The number of hydrogen-bond donors (Lipinski definition) is 2. The van der Waals surface area contributed by atoms with E-state index in [9.17, 15) is 9.59 Å². The minimum Gasteiger partial charge on any atom is -0.244 e. The number of aromatic nitrogens is 6. The van der Waals surface area contributed by atoms with Crippen LogP contribution in [0.5, 0.6) is 0 Å². The van der Waals surface area contributed by atoms with E-state index in [0.29, 0.717) is 24.5 Å². The molecule has 0 radical (unpaired) electrons. The fraction of sp³-hybridized carbons (Fsp3) is 0.100. The maximum absolute atomic E-state index is 12.0. The van der Waals surface area contributed by atoms with Gasteiger partial charge in [-0.05, 0) is 12.8 Å². The number of benzene rings is 2. The molecule has 2 heterocycles. The lowest BCUT2D eigenvalue weighted by molar-refractivity contribution is 0.830. The summed E-state index contributed by atoms with van der Waals surface area (Å²) < 4.78 is 2.42. The highest BCUT2D eigenvalue weighted by atomic mass is 16.2. The van der Waals surface area contributed by atoms with Gasteiger partial charge in [-0.1, -0.05) is 60.7 Å². The van der Waals surface area contributed by atoms with Crippen LogP contribution in [-0.4, -0.2) is 42.2 Å². The van der Waals surface area contributed by atoms with E-state index in [-0.39, 0.29) is 0 Å². The van der Waals surface area contributed by atoms with Gasteiger partial charge in [0, 0.05) is 23.6 Å². The van der Waals surface area contributed by atoms with Crippen molar-refractivity contribution in [1.29, 1.82) is 0 Å². The molecule has 2 N–H and O–H groups in total. The molecule has 0 spiro atoms. The fourth-order valence-electron chi connectivity index (χ4n) is 2.77. The number of unbranched alkanes of at least 4 members (excludes halogenated alkanes) is 1. The van der Waals surface area contributed by atoms with Crippen molar-refractivity contribution in [3.05, 3.63) is 81.6 Å². The number of aromatic amines is 2. The van der Waals surface area contributed by atoms with Crippen LogP contribution >= 0.6 is 0 Å². The third-order valence-corrected chi connectivity index (χ3v) is 4.18. The second kappa shape index (κ2) is 8.78. The minimum atomic E-state index is -0.420. The first-order chi connectivity index (χ1) is 14.7. The molecule has 0 atom stereocenters. The van der Waals surface area contributed by atoms with Gasteiger partial charge in [0.25, 0.3) is 0 Å². The Morgan fingerprint density at radius 1 is 0.700 bits per heavy atom. The Hall–Kier alpha value is -4.34. The highest BCUT2D eigenvalue weighted by Crippen LogP contribution is 2.14. The van der Waals surface area contributed by atoms with Crippen LogP contribution in [0.2, 0.25) is 0 Å². The molecule has 0 saturated heterocycles. The first-order valence-corrected chi connectivity index (χ1v) is 9.25. The number of H-pyrrole nitrogens is 2. The lowest BCUT2D eigenvalue weighted by Gasteiger charge is -1.99. The van der Waals surface area contributed by atoms with Crippen LogP contribution in [0.3, 0.4) is 0 Å². The molecule has 10 heteroatoms. The van der Waals surface area contributed by atoms with Gasteiger partial charge in [-0.25, -0.2) is 19.8 Å². The summed E-state index contributed by atoms with van der Waals surface area (Å²) in [5.74, 6) is 0.867. The molecular weight excluding hydrogens is 384 g/mol. The molecule has 0 saturated carbocycles. The number of nitrogens with one attached hydrogen (secondary N) is 2. The maximum atomic E-state index is 12.0. The molecule has 4 rings (SSSR count). The summed E-state index contributed by atoms with van der Waals surface area (Å²) in [6, 6.07) is 18.6. The van der Waals surface area contributed by atoms with Crippen molar-refractivity contribution in [3.8, 4) is 22.8 Å². The lowest BCUT2D eigenvalue weighted by atomic mass is 10.2. The lowest BCUT2D eigenvalue weighted by Crippen LogP contribution is -2.14. The zero-order valence-corrected chi connectivity index (χ0v) is 15.8. The normalized spacial score (nSPS) is 11.6. The van der Waals surface area contributed by atoms with E-state index < -0.39 is 11.4 Å². The SMILES string of the molecule is O=c1[nH]nc(-c2ccccc2)n1/N=C\CC/C=N\n1c(-c2ccccc2)n[nH]c1=O. The van der Waals surface area contributed by atoms with E-state index in [1.807, 2.05) is 60.7 Å². The van der Waals surface area contributed by atoms with E-state index in [0.717, 1.165) is 11.1 Å². The molecule has 0 unspecified atom stereocenters. The number of nitrogens with zero attached hydrogens (tertiary/aromatic N) is 6. The van der Waals surface area contributed by atoms with E-state index in [1.165, 1.54) is 9.35 Å². The summed E-state index contributed by atoms with van der Waals surface area (Å²) in [6.45, 7) is 0. The summed E-state index contributed by atoms with van der Waals surface area (Å²) in [4.78, 5) is 23.9. The van der Waals surface area contributed by atoms with E-state index in [2.05, 4.69) is 30.6 Å². The maximum Gasteiger partial charge on any atom is 0.364 e. The van der Waals surface area contributed by atoms with Gasteiger partial charge in [-0.2, -0.15) is 29.8 Å². The molecule has 150 valence electrons. The first-order valence-electron chi connectivity index (χ1n) is 9.25. The van der Waals surface area contributed by atoms with Crippen molar-refractivity contribution >= 4 is 12.4 Å². The fourth-order valence-corrected chi connectivity index (χ4v) is 2.77. The Morgan fingerprint density at radius 2 is 1.10 bits per heavy atom. The summed E-state index contributed by atoms with van der Waals surface area (Å²) in [5, 5.41) is 21.2. The van der Waals surface area contributed by atoms with E-state index in [4.69, 9.17) is 0 Å². The smallest absolute Gasteiger partial charge is 0.244 e. The van der Waals surface area contributed by atoms with Crippen LogP contribution in [0.4, 0.5) is 0 Å². The Labute approximate surface area is 170 Å². The molecule has 0 aliphatic carbocycles. The molecule has 30 heavy (non-hydrogen) atoms. The Kier molecular flexibility index (Phi) is 5.56. The Balaban J connectivity index is 1.43. The minimum absolute atomic E-state index is 0.420. The Bertz CT molecular complexity index is 1180. The third kappa shape index (κ3) is 4.07. The zero-order valence-electron chi connectivity index (χ0n) is 15.8. The largest absolute Gasteiger partial charge is 0.364 e. The molecule has 4 aromatic rings. The van der Waals surface area contributed by atoms with Gasteiger partial charge in [0.15, 0.2) is 11.6 Å². The predicted octanol–water partition coefficient (Wildman–Crippen LogP) is 1.94. The van der Waals surface area contributed by atoms with Crippen molar-refractivity contribution in [2.75, 3.05) is 0 Å². The van der Waals surface area contributed by atoms with Gasteiger partial charge in [0.1, 0.15) is 0 Å². The molecule has 2 aromatic carbocycles. The van der Waals surface area contributed by atoms with Crippen molar-refractivity contribution in [3.63, 3.8) is 0 Å². The number of hydrogen-bond acceptors (Lipinski definition) is 6. The zero-order chi connectivity index (χ0) is 20.8. The van der Waals surface area contributed by atoms with Crippen LogP contribution in [0.1, 0.15) is 12.8 Å². The van der Waals surface area contributed by atoms with Crippen molar-refractivity contribution in [2.45, 2.75) is 12.8 Å². The van der Waals surface area contributed by atoms with E-state index >= 15 is 0 Å². The van der Waals surface area contributed by atoms with Crippen LogP contribution in [0, 0.1) is 0 Å². The van der Waals surface area contributed by atoms with Crippen LogP contribution in [-0.2, 0) is 0 Å². The molecule has 0 bridgehead atoms. The quantitative estimate of drug-likeness (QED) is 0.362. The van der Waals surface area contributed by atoms with Gasteiger partial charge in [0.2, 0.25) is 0 Å². The predicted molar refractivity (Wildman–Crippen MR) is 114 cm³/mol. The van der Waals surface area contributed by atoms with Gasteiger partial charge < -0.3 is 0 Å². The molecule has 0 amide bonds. The van der Waals surface area contributed by atoms with Crippen LogP contribution in [0.15, 0.2) is 80.5 Å². The Morgan fingerprint density at radius 3 is 1.50 bits per heavy atom. The van der Waals surface area contributed by atoms with E-state index in [1.54, 1.807) is 12.4 Å². The molecule has 10 nitrogen and oxygen atoms in total. The van der Waals surface area contributed by atoms with Crippen molar-refractivity contribution in [1.82, 2.24) is 29.7 Å². The average molecular weight is 402 g/mol. The molecule has 0 aliphatic heterocycles. The molecular formula is C20H18N8O2. The van der Waals surface area contributed by atoms with Gasteiger partial charge in [0.05, 0.1) is 0 Å². The highest BCUT2D eigenvalue weighted by molar-refractivity contribution is 5.66. The highest BCUT2D eigenvalue weighted by Gasteiger charge is 2.09. The van der Waals surface area contributed by atoms with Crippen molar-refractivity contribution < 1.29 is 0 Å². The number of rotatable bonds is 7. The second-order valence-corrected chi connectivity index (χ2v) is 6.23. The van der Waals surface area contributed by atoms with Crippen LogP contribution in [0.25, 0.3) is 22.8 Å². The standard InChI is InChI=1S/C20H18N8O2/c29-19-25-23-17(15-9-3-1-4-10-15)27(19)21-13-7-8-14-22-28-18(24-26-20(28)30)16-11-5-2-6-12-16/h1-6,9-14H,7-8H2,(H,25,29)(H,26,30)/b21-13-,22-14-. The summed E-state index contributed by atoms with van der Waals surface area (Å²) in [6.07, 6.45) is 4.24. The third-order valence-electron chi connectivity index (χ3n) is 4.18.